The Labute approximate surface area is 170 Å². The maximum absolute atomic E-state index is 10.5. The summed E-state index contributed by atoms with van der Waals surface area (Å²) in [6, 6.07) is 3.57. The standard InChI is InChI=1S/C20H28N4O5/c1-19(2)11-28-17(23-19)14-8-13(27-7-5-6-21-10-16(25)26)9-15(22-14)18-24-20(3,4)12-29-18/h8-9,21H,5-7,10-12H2,1-4H3,(H,25,26). The van der Waals surface area contributed by atoms with Gasteiger partial charge in [-0.2, -0.15) is 0 Å². The number of aliphatic carboxylic acids is 1. The minimum Gasteiger partial charge on any atom is -0.493 e. The third kappa shape index (κ3) is 5.90. The van der Waals surface area contributed by atoms with Crippen LogP contribution in [0.15, 0.2) is 22.1 Å². The second-order valence-corrected chi connectivity index (χ2v) is 8.38. The van der Waals surface area contributed by atoms with Gasteiger partial charge in [-0.1, -0.05) is 0 Å². The zero-order valence-electron chi connectivity index (χ0n) is 17.3. The van der Waals surface area contributed by atoms with Gasteiger partial charge >= 0.3 is 5.97 Å². The van der Waals surface area contributed by atoms with Crippen molar-refractivity contribution in [3.63, 3.8) is 0 Å². The molecule has 0 saturated heterocycles. The average molecular weight is 404 g/mol. The number of hydrogen-bond donors (Lipinski definition) is 2. The van der Waals surface area contributed by atoms with Crippen molar-refractivity contribution in [1.29, 1.82) is 0 Å². The largest absolute Gasteiger partial charge is 0.493 e. The van der Waals surface area contributed by atoms with Gasteiger partial charge in [0.05, 0.1) is 24.2 Å². The molecule has 0 amide bonds. The molecule has 0 aromatic carbocycles. The predicted molar refractivity (Wildman–Crippen MR) is 108 cm³/mol. The topological polar surface area (TPSA) is 115 Å². The van der Waals surface area contributed by atoms with Gasteiger partial charge in [-0.15, -0.1) is 0 Å². The molecule has 9 nitrogen and oxygen atoms in total. The summed E-state index contributed by atoms with van der Waals surface area (Å²) in [7, 11) is 0. The Morgan fingerprint density at radius 1 is 1.10 bits per heavy atom. The highest BCUT2D eigenvalue weighted by Gasteiger charge is 2.31. The van der Waals surface area contributed by atoms with Gasteiger partial charge in [-0.3, -0.25) is 4.79 Å². The number of pyridine rings is 1. The van der Waals surface area contributed by atoms with Crippen molar-refractivity contribution >= 4 is 17.8 Å². The first-order chi connectivity index (χ1) is 13.6. The van der Waals surface area contributed by atoms with Crippen molar-refractivity contribution < 1.29 is 24.1 Å². The third-order valence-electron chi connectivity index (χ3n) is 4.21. The molecule has 0 aliphatic carbocycles. The molecule has 9 heteroatoms. The molecule has 2 N–H and O–H groups in total. The number of aromatic nitrogens is 1. The fourth-order valence-corrected chi connectivity index (χ4v) is 2.82. The molecule has 1 aromatic heterocycles. The lowest BCUT2D eigenvalue weighted by Crippen LogP contribution is -2.24. The fraction of sp³-hybridized carbons (Fsp3) is 0.600. The number of aliphatic imine (C=N–C) groups is 2. The number of carboxylic acid groups (broad SMARTS) is 1. The Bertz CT molecular complexity index is 780. The van der Waals surface area contributed by atoms with E-state index in [1.807, 2.05) is 27.7 Å². The van der Waals surface area contributed by atoms with Crippen molar-refractivity contribution in [1.82, 2.24) is 10.3 Å². The Balaban J connectivity index is 1.76. The molecule has 0 saturated carbocycles. The summed E-state index contributed by atoms with van der Waals surface area (Å²) in [5, 5.41) is 11.5. The van der Waals surface area contributed by atoms with Crippen LogP contribution < -0.4 is 10.1 Å². The molecule has 2 aliphatic rings. The minimum atomic E-state index is -0.880. The van der Waals surface area contributed by atoms with Crippen molar-refractivity contribution in [3.8, 4) is 5.75 Å². The number of nitrogens with one attached hydrogen (secondary N) is 1. The maximum Gasteiger partial charge on any atom is 0.317 e. The van der Waals surface area contributed by atoms with Crippen LogP contribution in [0.1, 0.15) is 45.5 Å². The van der Waals surface area contributed by atoms with Gasteiger partial charge < -0.3 is 24.6 Å². The van der Waals surface area contributed by atoms with Gasteiger partial charge in [-0.05, 0) is 40.7 Å². The number of ether oxygens (including phenoxy) is 3. The van der Waals surface area contributed by atoms with Crippen LogP contribution in [0.2, 0.25) is 0 Å². The van der Waals surface area contributed by atoms with Gasteiger partial charge in [0.2, 0.25) is 11.8 Å². The summed E-state index contributed by atoms with van der Waals surface area (Å²) in [4.78, 5) is 24.4. The lowest BCUT2D eigenvalue weighted by Gasteiger charge is -2.11. The Morgan fingerprint density at radius 3 is 2.10 bits per heavy atom. The van der Waals surface area contributed by atoms with Gasteiger partial charge in [0, 0.05) is 12.1 Å². The normalized spacial score (nSPS) is 19.2. The molecule has 1 aromatic rings. The lowest BCUT2D eigenvalue weighted by atomic mass is 10.1. The second-order valence-electron chi connectivity index (χ2n) is 8.38. The highest BCUT2D eigenvalue weighted by Crippen LogP contribution is 2.25. The van der Waals surface area contributed by atoms with Gasteiger partial charge in [0.15, 0.2) is 0 Å². The van der Waals surface area contributed by atoms with E-state index in [9.17, 15) is 4.79 Å². The number of rotatable bonds is 9. The first-order valence-electron chi connectivity index (χ1n) is 9.67. The summed E-state index contributed by atoms with van der Waals surface area (Å²) in [5.74, 6) is 0.676. The molecule has 3 rings (SSSR count). The number of carbonyl (C=O) groups is 1. The minimum absolute atomic E-state index is 0.0660. The van der Waals surface area contributed by atoms with E-state index < -0.39 is 5.97 Å². The molecule has 3 heterocycles. The van der Waals surface area contributed by atoms with Crippen LogP contribution in [0.3, 0.4) is 0 Å². The van der Waals surface area contributed by atoms with Crippen molar-refractivity contribution in [2.24, 2.45) is 9.98 Å². The highest BCUT2D eigenvalue weighted by atomic mass is 16.5. The smallest absolute Gasteiger partial charge is 0.317 e. The molecule has 0 radical (unpaired) electrons. The molecule has 158 valence electrons. The van der Waals surface area contributed by atoms with Crippen LogP contribution in [-0.2, 0) is 14.3 Å². The Hall–Kier alpha value is -2.68. The number of nitrogens with zero attached hydrogens (tertiary/aromatic N) is 3. The molecule has 2 aliphatic heterocycles. The Morgan fingerprint density at radius 2 is 1.66 bits per heavy atom. The van der Waals surface area contributed by atoms with Crippen LogP contribution in [0.4, 0.5) is 0 Å². The van der Waals surface area contributed by atoms with E-state index >= 15 is 0 Å². The molecule has 0 unspecified atom stereocenters. The van der Waals surface area contributed by atoms with Crippen molar-refractivity contribution in [2.45, 2.75) is 45.2 Å². The van der Waals surface area contributed by atoms with Gasteiger partial charge in [-0.25, -0.2) is 15.0 Å². The Kier molecular flexibility index (Phi) is 6.07. The van der Waals surface area contributed by atoms with E-state index in [-0.39, 0.29) is 17.6 Å². The summed E-state index contributed by atoms with van der Waals surface area (Å²) >= 11 is 0. The number of carboxylic acids is 1. The highest BCUT2D eigenvalue weighted by molar-refractivity contribution is 5.98. The molecule has 0 atom stereocenters. The van der Waals surface area contributed by atoms with Crippen LogP contribution in [0.5, 0.6) is 5.75 Å². The summed E-state index contributed by atoms with van der Waals surface area (Å²) in [6.07, 6.45) is 0.662. The average Bonchev–Trinajstić information content (AvgIpc) is 3.19. The summed E-state index contributed by atoms with van der Waals surface area (Å²) < 4.78 is 17.3. The summed E-state index contributed by atoms with van der Waals surface area (Å²) in [5.41, 5.74) is 0.548. The van der Waals surface area contributed by atoms with E-state index in [2.05, 4.69) is 20.3 Å². The van der Waals surface area contributed by atoms with Crippen LogP contribution in [-0.4, -0.2) is 71.8 Å². The molecule has 29 heavy (non-hydrogen) atoms. The lowest BCUT2D eigenvalue weighted by molar-refractivity contribution is -0.135. The van der Waals surface area contributed by atoms with Crippen LogP contribution in [0, 0.1) is 0 Å². The molecule has 0 spiro atoms. The van der Waals surface area contributed by atoms with E-state index in [4.69, 9.17) is 19.3 Å². The predicted octanol–water partition coefficient (Wildman–Crippen LogP) is 1.64. The van der Waals surface area contributed by atoms with Crippen LogP contribution >= 0.6 is 0 Å². The second kappa shape index (κ2) is 8.36. The molecule has 0 bridgehead atoms. The van der Waals surface area contributed by atoms with Crippen molar-refractivity contribution in [3.05, 3.63) is 23.5 Å². The SMILES string of the molecule is CC1(C)COC(c2cc(OCCCNCC(=O)O)cc(C3=NC(C)(C)CO3)n2)=N1. The van der Waals surface area contributed by atoms with Gasteiger partial charge in [0.1, 0.15) is 30.4 Å². The zero-order valence-corrected chi connectivity index (χ0v) is 17.3. The van der Waals surface area contributed by atoms with E-state index in [1.54, 1.807) is 12.1 Å². The van der Waals surface area contributed by atoms with Crippen molar-refractivity contribution in [2.75, 3.05) is 32.9 Å². The van der Waals surface area contributed by atoms with E-state index in [0.29, 0.717) is 61.7 Å². The number of hydrogen-bond acceptors (Lipinski definition) is 8. The zero-order chi connectivity index (χ0) is 21.1. The molecular weight excluding hydrogens is 376 g/mol. The molecular formula is C20H28N4O5. The van der Waals surface area contributed by atoms with Gasteiger partial charge in [0.25, 0.3) is 0 Å². The molecule has 0 fully saturated rings. The third-order valence-corrected chi connectivity index (χ3v) is 4.21. The van der Waals surface area contributed by atoms with Crippen LogP contribution in [0.25, 0.3) is 0 Å². The summed E-state index contributed by atoms with van der Waals surface area (Å²) in [6.45, 7) is 9.88. The quantitative estimate of drug-likeness (QED) is 0.601. The fourth-order valence-electron chi connectivity index (χ4n) is 2.82. The van der Waals surface area contributed by atoms with E-state index in [0.717, 1.165) is 0 Å². The monoisotopic (exact) mass is 404 g/mol. The van der Waals surface area contributed by atoms with E-state index in [1.165, 1.54) is 0 Å². The maximum atomic E-state index is 10.5. The first kappa shape index (κ1) is 21.0. The first-order valence-corrected chi connectivity index (χ1v) is 9.67.